The van der Waals surface area contributed by atoms with E-state index in [9.17, 15) is 0 Å². The summed E-state index contributed by atoms with van der Waals surface area (Å²) < 4.78 is 0. The average molecular weight is 709 g/mol. The van der Waals surface area contributed by atoms with Crippen molar-refractivity contribution in [2.24, 2.45) is 0 Å². The minimum absolute atomic E-state index is 0.694. The molecule has 2 aliphatic rings. The van der Waals surface area contributed by atoms with Crippen LogP contribution in [0.15, 0.2) is 164 Å². The Bertz CT molecular complexity index is 2330. The molecule has 0 saturated carbocycles. The third kappa shape index (κ3) is 5.20. The molecule has 0 fully saturated rings. The SMILES string of the molecule is c1ccc(-c2c3c(c(-c4ccc(-c5c6c(c(-c7ccccc7)p5-c5ccccc5)CCC6)p4-c4ccccc4)p2-c2ccccc2)CCC3)cc1. The van der Waals surface area contributed by atoms with E-state index in [4.69, 9.17) is 0 Å². The Morgan fingerprint density at radius 1 is 0.275 bits per heavy atom. The first-order valence-electron chi connectivity index (χ1n) is 18.4. The van der Waals surface area contributed by atoms with Crippen molar-refractivity contribution in [3.63, 3.8) is 0 Å². The van der Waals surface area contributed by atoms with Gasteiger partial charge in [0, 0.05) is 31.8 Å². The molecule has 3 heterocycles. The minimum atomic E-state index is -0.761. The molecule has 0 amide bonds. The fraction of sp³-hybridized carbons (Fsp3) is 0.125. The van der Waals surface area contributed by atoms with E-state index >= 15 is 0 Å². The van der Waals surface area contributed by atoms with Crippen LogP contribution in [0.4, 0.5) is 0 Å². The third-order valence-corrected chi connectivity index (χ3v) is 19.3. The molecular weight excluding hydrogens is 669 g/mol. The average Bonchev–Trinajstić information content (AvgIpc) is 4.03. The fourth-order valence-electron chi connectivity index (χ4n) is 8.97. The van der Waals surface area contributed by atoms with Gasteiger partial charge in [0.25, 0.3) is 0 Å². The van der Waals surface area contributed by atoms with Crippen LogP contribution in [0.25, 0.3) is 58.8 Å². The maximum atomic E-state index is 2.60. The van der Waals surface area contributed by atoms with Gasteiger partial charge in [-0.15, -0.1) is 0 Å². The second kappa shape index (κ2) is 13.2. The second-order valence-corrected chi connectivity index (χ2v) is 20.2. The lowest BCUT2D eigenvalue weighted by Gasteiger charge is -2.17. The molecular formula is C48H39P3. The van der Waals surface area contributed by atoms with E-state index in [1.54, 1.807) is 54.0 Å². The molecule has 0 spiro atoms. The molecule has 3 heteroatoms. The molecule has 0 saturated heterocycles. The quantitative estimate of drug-likeness (QED) is 0.155. The van der Waals surface area contributed by atoms with Gasteiger partial charge in [0.15, 0.2) is 0 Å². The van der Waals surface area contributed by atoms with Gasteiger partial charge < -0.3 is 0 Å². The van der Waals surface area contributed by atoms with Gasteiger partial charge in [-0.2, -0.15) is 0 Å². The van der Waals surface area contributed by atoms with Gasteiger partial charge in [0.1, 0.15) is 0 Å². The van der Waals surface area contributed by atoms with E-state index < -0.39 is 22.6 Å². The lowest BCUT2D eigenvalue weighted by Crippen LogP contribution is -1.81. The highest BCUT2D eigenvalue weighted by Gasteiger charge is 2.34. The normalized spacial score (nSPS) is 14.5. The van der Waals surface area contributed by atoms with Gasteiger partial charge in [-0.3, -0.25) is 0 Å². The minimum Gasteiger partial charge on any atom is -0.0765 e. The van der Waals surface area contributed by atoms with Crippen molar-refractivity contribution in [3.8, 4) is 58.8 Å². The van der Waals surface area contributed by atoms with E-state index in [-0.39, 0.29) is 0 Å². The summed E-state index contributed by atoms with van der Waals surface area (Å²) >= 11 is 0. The zero-order chi connectivity index (χ0) is 33.7. The van der Waals surface area contributed by atoms with Crippen molar-refractivity contribution < 1.29 is 0 Å². The highest BCUT2D eigenvalue weighted by atomic mass is 31.1. The molecule has 2 aliphatic carbocycles. The zero-order valence-corrected chi connectivity index (χ0v) is 31.4. The molecule has 2 atom stereocenters. The van der Waals surface area contributed by atoms with Crippen molar-refractivity contribution in [1.29, 1.82) is 0 Å². The van der Waals surface area contributed by atoms with Gasteiger partial charge in [-0.25, -0.2) is 0 Å². The summed E-state index contributed by atoms with van der Waals surface area (Å²) in [5.74, 6) is 0. The molecule has 2 unspecified atom stereocenters. The Morgan fingerprint density at radius 3 is 0.922 bits per heavy atom. The predicted octanol–water partition coefficient (Wildman–Crippen LogP) is 15.3. The highest BCUT2D eigenvalue weighted by molar-refractivity contribution is 7.70. The molecule has 3 aromatic heterocycles. The number of benzene rings is 5. The summed E-state index contributed by atoms with van der Waals surface area (Å²) in [6, 6.07) is 62.5. The number of fused-ring (bicyclic) bond motifs is 2. The molecule has 0 radical (unpaired) electrons. The number of hydrogen-bond acceptors (Lipinski definition) is 0. The lowest BCUT2D eigenvalue weighted by molar-refractivity contribution is 0.912. The van der Waals surface area contributed by atoms with Crippen molar-refractivity contribution >= 4 is 22.6 Å². The topological polar surface area (TPSA) is 0 Å². The van der Waals surface area contributed by atoms with Crippen LogP contribution in [0.1, 0.15) is 35.1 Å². The summed E-state index contributed by atoms with van der Waals surface area (Å²) in [6.07, 6.45) is 7.25. The number of hydrogen-bond donors (Lipinski definition) is 0. The summed E-state index contributed by atoms with van der Waals surface area (Å²) in [5, 5.41) is 14.2. The van der Waals surface area contributed by atoms with Gasteiger partial charge >= 0.3 is 0 Å². The van der Waals surface area contributed by atoms with Gasteiger partial charge in [-0.1, -0.05) is 174 Å². The lowest BCUT2D eigenvalue weighted by atomic mass is 10.1. The van der Waals surface area contributed by atoms with E-state index in [0.29, 0.717) is 0 Å². The van der Waals surface area contributed by atoms with Crippen LogP contribution >= 0.6 is 22.6 Å². The highest BCUT2D eigenvalue weighted by Crippen LogP contribution is 2.71. The van der Waals surface area contributed by atoms with E-state index in [2.05, 4.69) is 164 Å². The van der Waals surface area contributed by atoms with Crippen LogP contribution in [0.5, 0.6) is 0 Å². The van der Waals surface area contributed by atoms with Gasteiger partial charge in [0.2, 0.25) is 0 Å². The Morgan fingerprint density at radius 2 is 0.569 bits per heavy atom. The molecule has 0 N–H and O–H groups in total. The molecule has 0 aliphatic heterocycles. The molecule has 51 heavy (non-hydrogen) atoms. The van der Waals surface area contributed by atoms with Crippen molar-refractivity contribution in [1.82, 2.24) is 0 Å². The largest absolute Gasteiger partial charge is 0.0765 e. The van der Waals surface area contributed by atoms with Crippen LogP contribution in [-0.2, 0) is 25.7 Å². The third-order valence-electron chi connectivity index (χ3n) is 11.0. The molecule has 246 valence electrons. The van der Waals surface area contributed by atoms with Gasteiger partial charge in [0.05, 0.1) is 0 Å². The molecule has 8 aromatic rings. The first kappa shape index (κ1) is 31.2. The first-order chi connectivity index (χ1) is 25.4. The van der Waals surface area contributed by atoms with Crippen LogP contribution in [-0.4, -0.2) is 0 Å². The van der Waals surface area contributed by atoms with Crippen LogP contribution in [0, 0.1) is 0 Å². The van der Waals surface area contributed by atoms with E-state index in [1.165, 1.54) is 65.6 Å². The molecule has 10 rings (SSSR count). The van der Waals surface area contributed by atoms with E-state index in [0.717, 1.165) is 0 Å². The zero-order valence-electron chi connectivity index (χ0n) is 28.7. The maximum absolute atomic E-state index is 2.60. The van der Waals surface area contributed by atoms with E-state index in [1.807, 2.05) is 0 Å². The van der Waals surface area contributed by atoms with Crippen LogP contribution in [0.3, 0.4) is 0 Å². The fourth-order valence-corrected chi connectivity index (χ4v) is 18.5. The Kier molecular flexibility index (Phi) is 8.08. The Hall–Kier alpha value is -4.56. The predicted molar refractivity (Wildman–Crippen MR) is 224 cm³/mol. The molecule has 0 nitrogen and oxygen atoms in total. The number of rotatable bonds is 7. The smallest absolute Gasteiger partial charge is 0.0140 e. The van der Waals surface area contributed by atoms with Crippen molar-refractivity contribution in [2.75, 3.05) is 0 Å². The van der Waals surface area contributed by atoms with Crippen molar-refractivity contribution in [3.05, 3.63) is 186 Å². The van der Waals surface area contributed by atoms with Crippen molar-refractivity contribution in [2.45, 2.75) is 38.5 Å². The Labute approximate surface area is 304 Å². The summed E-state index contributed by atoms with van der Waals surface area (Å²) in [6.45, 7) is 0. The monoisotopic (exact) mass is 708 g/mol. The standard InChI is InChI=1S/C48H39P3/c1-6-18-34(19-7-1)45-39-28-16-30-41(39)47(50(45)37-24-12-4-13-25-37)43-32-33-44(49(43)36-22-10-3-11-23-36)48-42-31-17-29-40(42)46(35-20-8-2-9-21-35)51(48)38-26-14-5-15-27-38/h1-15,18-27,32-33H,16-17,28-31H2. The summed E-state index contributed by atoms with van der Waals surface area (Å²) in [7, 11) is -2.15. The maximum Gasteiger partial charge on any atom is 0.0140 e. The van der Waals surface area contributed by atoms with Crippen LogP contribution < -0.4 is 0 Å². The molecule has 5 aromatic carbocycles. The van der Waals surface area contributed by atoms with Crippen LogP contribution in [0.2, 0.25) is 0 Å². The second-order valence-electron chi connectivity index (χ2n) is 13.9. The van der Waals surface area contributed by atoms with Gasteiger partial charge in [-0.05, 0) is 100.0 Å². The first-order valence-corrected chi connectivity index (χ1v) is 22.4. The summed E-state index contributed by atoms with van der Waals surface area (Å²) in [5.41, 5.74) is 9.43. The summed E-state index contributed by atoms with van der Waals surface area (Å²) in [4.78, 5) is 0. The Balaban J connectivity index is 1.32. The molecule has 0 bridgehead atoms.